The molecule has 0 saturated carbocycles. The lowest BCUT2D eigenvalue weighted by Gasteiger charge is -2.12. The minimum absolute atomic E-state index is 0. The smallest absolute Gasteiger partial charge is 0.190 e. The second kappa shape index (κ2) is 15.0. The maximum absolute atomic E-state index is 5.99. The zero-order chi connectivity index (χ0) is 16.9. The summed E-state index contributed by atoms with van der Waals surface area (Å²) in [5.74, 6) is 0.773. The molecule has 0 atom stereocenters. The van der Waals surface area contributed by atoms with Gasteiger partial charge in [0.2, 0.25) is 0 Å². The van der Waals surface area contributed by atoms with Crippen LogP contribution in [0.25, 0.3) is 0 Å². The number of methoxy groups -OCH3 is 1. The van der Waals surface area contributed by atoms with E-state index in [1.165, 1.54) is 0 Å². The van der Waals surface area contributed by atoms with E-state index in [0.717, 1.165) is 37.5 Å². The van der Waals surface area contributed by atoms with Crippen LogP contribution < -0.4 is 10.6 Å². The van der Waals surface area contributed by atoms with E-state index in [1.807, 2.05) is 12.1 Å². The summed E-state index contributed by atoms with van der Waals surface area (Å²) in [6, 6.07) is 5.57. The Labute approximate surface area is 171 Å². The molecule has 0 aliphatic carbocycles. The van der Waals surface area contributed by atoms with Crippen LogP contribution in [0.4, 0.5) is 0 Å². The molecule has 0 fully saturated rings. The van der Waals surface area contributed by atoms with Crippen molar-refractivity contribution in [3.05, 3.63) is 33.8 Å². The first-order chi connectivity index (χ1) is 11.2. The van der Waals surface area contributed by atoms with E-state index in [4.69, 9.17) is 32.7 Å². The Morgan fingerprint density at radius 2 is 1.71 bits per heavy atom. The Bertz CT molecular complexity index is 470. The molecule has 1 aromatic carbocycles. The number of ether oxygens (including phenoxy) is 2. The van der Waals surface area contributed by atoms with Crippen molar-refractivity contribution in [1.82, 2.24) is 10.6 Å². The van der Waals surface area contributed by atoms with Crippen LogP contribution in [0.3, 0.4) is 0 Å². The maximum Gasteiger partial charge on any atom is 0.190 e. The molecule has 1 aromatic rings. The molecule has 0 aliphatic rings. The van der Waals surface area contributed by atoms with Gasteiger partial charge in [0.15, 0.2) is 5.96 Å². The number of rotatable bonds is 10. The van der Waals surface area contributed by atoms with Gasteiger partial charge in [-0.1, -0.05) is 23.2 Å². The van der Waals surface area contributed by atoms with Gasteiger partial charge in [-0.15, -0.1) is 24.0 Å². The molecule has 0 spiro atoms. The molecule has 0 unspecified atom stereocenters. The van der Waals surface area contributed by atoms with Gasteiger partial charge >= 0.3 is 0 Å². The number of hydrogen-bond acceptors (Lipinski definition) is 3. The van der Waals surface area contributed by atoms with Crippen molar-refractivity contribution in [2.24, 2.45) is 4.99 Å². The average Bonchev–Trinajstić information content (AvgIpc) is 2.51. The Hall–Kier alpha value is -0.280. The van der Waals surface area contributed by atoms with Crippen LogP contribution in [-0.2, 0) is 15.9 Å². The van der Waals surface area contributed by atoms with Gasteiger partial charge in [-0.05, 0) is 36.6 Å². The molecule has 0 saturated heterocycles. The summed E-state index contributed by atoms with van der Waals surface area (Å²) in [5, 5.41) is 7.82. The Balaban J connectivity index is 0.00000529. The number of benzene rings is 1. The van der Waals surface area contributed by atoms with E-state index in [2.05, 4.69) is 15.6 Å². The van der Waals surface area contributed by atoms with Crippen molar-refractivity contribution >= 4 is 53.1 Å². The van der Waals surface area contributed by atoms with E-state index >= 15 is 0 Å². The van der Waals surface area contributed by atoms with Crippen LogP contribution >= 0.6 is 47.2 Å². The minimum Gasteiger partial charge on any atom is -0.382 e. The first-order valence-electron chi connectivity index (χ1n) is 7.62. The predicted octanol–water partition coefficient (Wildman–Crippen LogP) is 3.37. The third-order valence-electron chi connectivity index (χ3n) is 3.04. The fourth-order valence-electron chi connectivity index (χ4n) is 1.93. The van der Waals surface area contributed by atoms with Gasteiger partial charge < -0.3 is 20.1 Å². The molecule has 0 aromatic heterocycles. The highest BCUT2D eigenvalue weighted by atomic mass is 127. The van der Waals surface area contributed by atoms with Gasteiger partial charge in [-0.2, -0.15) is 0 Å². The molecule has 0 aliphatic heterocycles. The van der Waals surface area contributed by atoms with E-state index < -0.39 is 0 Å². The molecule has 138 valence electrons. The fraction of sp³-hybridized carbons (Fsp3) is 0.562. The number of nitrogens with one attached hydrogen (secondary N) is 2. The topological polar surface area (TPSA) is 54.9 Å². The van der Waals surface area contributed by atoms with Crippen molar-refractivity contribution < 1.29 is 9.47 Å². The van der Waals surface area contributed by atoms with Crippen LogP contribution in [0.2, 0.25) is 10.0 Å². The lowest BCUT2D eigenvalue weighted by atomic mass is 10.1. The fourth-order valence-corrected chi connectivity index (χ4v) is 2.50. The molecule has 5 nitrogen and oxygen atoms in total. The van der Waals surface area contributed by atoms with Crippen LogP contribution in [0.5, 0.6) is 0 Å². The Morgan fingerprint density at radius 1 is 1.04 bits per heavy atom. The van der Waals surface area contributed by atoms with Gasteiger partial charge in [-0.25, -0.2) is 0 Å². The minimum atomic E-state index is 0. The largest absolute Gasteiger partial charge is 0.382 e. The van der Waals surface area contributed by atoms with E-state index in [0.29, 0.717) is 29.9 Å². The number of hydrogen-bond donors (Lipinski definition) is 2. The standard InChI is InChI=1S/C16H25Cl2N3O2.HI/c1-19-16(20-5-3-7-23-9-8-22-2)21-6-4-13-10-14(17)12-15(18)11-13;/h10-12H,3-9H2,1-2H3,(H2,19,20,21);1H. The van der Waals surface area contributed by atoms with E-state index in [9.17, 15) is 0 Å². The summed E-state index contributed by atoms with van der Waals surface area (Å²) in [7, 11) is 3.42. The van der Waals surface area contributed by atoms with Crippen LogP contribution in [0.1, 0.15) is 12.0 Å². The number of aliphatic imine (C=N–C) groups is 1. The predicted molar refractivity (Wildman–Crippen MR) is 112 cm³/mol. The molecule has 0 bridgehead atoms. The summed E-state index contributed by atoms with van der Waals surface area (Å²) >= 11 is 12.0. The lowest BCUT2D eigenvalue weighted by Crippen LogP contribution is -2.39. The zero-order valence-electron chi connectivity index (χ0n) is 14.1. The van der Waals surface area contributed by atoms with E-state index in [1.54, 1.807) is 20.2 Å². The normalized spacial score (nSPS) is 11.1. The van der Waals surface area contributed by atoms with Crippen molar-refractivity contribution in [3.63, 3.8) is 0 Å². The van der Waals surface area contributed by atoms with Gasteiger partial charge in [0.1, 0.15) is 0 Å². The lowest BCUT2D eigenvalue weighted by molar-refractivity contribution is 0.0698. The van der Waals surface area contributed by atoms with Gasteiger partial charge in [0.25, 0.3) is 0 Å². The maximum atomic E-state index is 5.99. The molecule has 0 heterocycles. The van der Waals surface area contributed by atoms with Crippen molar-refractivity contribution in [3.8, 4) is 0 Å². The quantitative estimate of drug-likeness (QED) is 0.229. The third kappa shape index (κ3) is 11.3. The van der Waals surface area contributed by atoms with Gasteiger partial charge in [0.05, 0.1) is 13.2 Å². The molecular formula is C16H26Cl2IN3O2. The van der Waals surface area contributed by atoms with Crippen molar-refractivity contribution in [2.45, 2.75) is 12.8 Å². The zero-order valence-corrected chi connectivity index (χ0v) is 18.0. The summed E-state index contributed by atoms with van der Waals surface area (Å²) in [5.41, 5.74) is 1.09. The monoisotopic (exact) mass is 489 g/mol. The van der Waals surface area contributed by atoms with Crippen molar-refractivity contribution in [1.29, 1.82) is 0 Å². The van der Waals surface area contributed by atoms with Gasteiger partial charge in [-0.3, -0.25) is 4.99 Å². The van der Waals surface area contributed by atoms with Crippen molar-refractivity contribution in [2.75, 3.05) is 47.1 Å². The van der Waals surface area contributed by atoms with Crippen LogP contribution in [0.15, 0.2) is 23.2 Å². The van der Waals surface area contributed by atoms with Crippen LogP contribution in [0, 0.1) is 0 Å². The molecule has 24 heavy (non-hydrogen) atoms. The van der Waals surface area contributed by atoms with Gasteiger partial charge in [0, 0.05) is 43.9 Å². The molecule has 2 N–H and O–H groups in total. The second-order valence-electron chi connectivity index (χ2n) is 4.91. The highest BCUT2D eigenvalue weighted by molar-refractivity contribution is 14.0. The Morgan fingerprint density at radius 3 is 2.33 bits per heavy atom. The highest BCUT2D eigenvalue weighted by Gasteiger charge is 2.00. The molecular weight excluding hydrogens is 464 g/mol. The summed E-state index contributed by atoms with van der Waals surface area (Å²) < 4.78 is 10.3. The summed E-state index contributed by atoms with van der Waals surface area (Å²) in [6.45, 7) is 3.51. The summed E-state index contributed by atoms with van der Waals surface area (Å²) in [6.07, 6.45) is 1.73. The summed E-state index contributed by atoms with van der Waals surface area (Å²) in [4.78, 5) is 4.18. The number of nitrogens with zero attached hydrogens (tertiary/aromatic N) is 1. The van der Waals surface area contributed by atoms with Crippen LogP contribution in [-0.4, -0.2) is 53.0 Å². The second-order valence-corrected chi connectivity index (χ2v) is 5.79. The van der Waals surface area contributed by atoms with E-state index in [-0.39, 0.29) is 24.0 Å². The number of halogens is 3. The molecule has 1 rings (SSSR count). The highest BCUT2D eigenvalue weighted by Crippen LogP contribution is 2.19. The number of guanidine groups is 1. The first-order valence-corrected chi connectivity index (χ1v) is 8.37. The third-order valence-corrected chi connectivity index (χ3v) is 3.48. The first kappa shape index (κ1) is 23.7. The molecule has 8 heteroatoms. The SMILES string of the molecule is CN=C(NCCCOCCOC)NCCc1cc(Cl)cc(Cl)c1.I. The Kier molecular flexibility index (Phi) is 14.8. The average molecular weight is 490 g/mol. The molecule has 0 amide bonds. The molecule has 0 radical (unpaired) electrons.